The monoisotopic (exact) mass is 536 g/mol. The molecule has 3 aliphatic heterocycles. The first-order chi connectivity index (χ1) is 18.6. The molecule has 0 amide bonds. The molecular formula is C36H48N2Si. The van der Waals surface area contributed by atoms with E-state index in [4.69, 9.17) is 0 Å². The fourth-order valence-corrected chi connectivity index (χ4v) is 15.1. The van der Waals surface area contributed by atoms with Gasteiger partial charge in [-0.3, -0.25) is 0 Å². The molecule has 3 heteroatoms. The highest BCUT2D eigenvalue weighted by Crippen LogP contribution is 2.53. The van der Waals surface area contributed by atoms with E-state index in [9.17, 15) is 0 Å². The third-order valence-electron chi connectivity index (χ3n) is 10.1. The second-order valence-electron chi connectivity index (χ2n) is 13.7. The third kappa shape index (κ3) is 3.79. The Hall–Kier alpha value is -2.52. The molecular weight excluding hydrogens is 488 g/mol. The van der Waals surface area contributed by atoms with Crippen LogP contribution >= 0.6 is 0 Å². The molecule has 2 aromatic carbocycles. The van der Waals surface area contributed by atoms with Gasteiger partial charge >= 0.3 is 8.40 Å². The summed E-state index contributed by atoms with van der Waals surface area (Å²) in [6.45, 7) is 21.5. The quantitative estimate of drug-likeness (QED) is 0.357. The van der Waals surface area contributed by atoms with E-state index in [0.717, 1.165) is 5.92 Å². The zero-order valence-corrected chi connectivity index (χ0v) is 26.7. The van der Waals surface area contributed by atoms with E-state index < -0.39 is 8.40 Å². The van der Waals surface area contributed by atoms with E-state index in [1.165, 1.54) is 53.6 Å². The summed E-state index contributed by atoms with van der Waals surface area (Å²) in [5.41, 5.74) is 12.1. The van der Waals surface area contributed by atoms with Crippen molar-refractivity contribution in [2.45, 2.75) is 112 Å². The number of allylic oxidation sites excluding steroid dienone is 4. The van der Waals surface area contributed by atoms with Gasteiger partial charge in [-0.15, -0.1) is 0 Å². The summed E-state index contributed by atoms with van der Waals surface area (Å²) in [7, 11) is -2.69. The Kier molecular flexibility index (Phi) is 6.53. The molecule has 206 valence electrons. The first-order valence-corrected chi connectivity index (χ1v) is 17.4. The Bertz CT molecular complexity index is 1360. The first kappa shape index (κ1) is 26.7. The van der Waals surface area contributed by atoms with Gasteiger partial charge in [0, 0.05) is 11.7 Å². The van der Waals surface area contributed by atoms with Crippen molar-refractivity contribution < 1.29 is 0 Å². The first-order valence-electron chi connectivity index (χ1n) is 15.5. The Morgan fingerprint density at radius 2 is 1.41 bits per heavy atom. The van der Waals surface area contributed by atoms with Crippen LogP contribution in [-0.4, -0.2) is 23.6 Å². The molecule has 6 rings (SSSR count). The molecule has 1 aliphatic carbocycles. The van der Waals surface area contributed by atoms with Crippen LogP contribution in [0.3, 0.4) is 0 Å². The van der Waals surface area contributed by atoms with Crippen LogP contribution in [0.15, 0.2) is 60.1 Å². The third-order valence-corrected chi connectivity index (χ3v) is 15.2. The minimum absolute atomic E-state index is 0.463. The Morgan fingerprint density at radius 1 is 0.769 bits per heavy atom. The molecule has 39 heavy (non-hydrogen) atoms. The second-order valence-corrected chi connectivity index (χ2v) is 17.0. The van der Waals surface area contributed by atoms with Gasteiger partial charge in [0.15, 0.2) is 0 Å². The van der Waals surface area contributed by atoms with Crippen molar-refractivity contribution in [1.82, 2.24) is 9.13 Å². The predicted octanol–water partition coefficient (Wildman–Crippen LogP) is 8.02. The van der Waals surface area contributed by atoms with E-state index in [-0.39, 0.29) is 0 Å². The molecule has 3 heterocycles. The minimum atomic E-state index is -2.69. The minimum Gasteiger partial charge on any atom is -0.372 e. The van der Waals surface area contributed by atoms with Crippen molar-refractivity contribution in [2.75, 3.05) is 0 Å². The number of rotatable bonds is 5. The highest BCUT2D eigenvalue weighted by atomic mass is 28.3. The summed E-state index contributed by atoms with van der Waals surface area (Å²) in [6, 6.07) is 10.8. The lowest BCUT2D eigenvalue weighted by molar-refractivity contribution is 0.390. The lowest BCUT2D eigenvalue weighted by Crippen LogP contribution is -2.78. The highest BCUT2D eigenvalue weighted by Gasteiger charge is 2.64. The molecule has 0 N–H and O–H groups in total. The molecule has 3 atom stereocenters. The molecule has 0 unspecified atom stereocenters. The fourth-order valence-electron chi connectivity index (χ4n) is 8.58. The largest absolute Gasteiger partial charge is 0.372 e. The van der Waals surface area contributed by atoms with Crippen LogP contribution in [0.4, 0.5) is 0 Å². The van der Waals surface area contributed by atoms with Crippen molar-refractivity contribution in [1.29, 1.82) is 0 Å². The van der Waals surface area contributed by atoms with E-state index in [1.807, 2.05) is 0 Å². The summed E-state index contributed by atoms with van der Waals surface area (Å²) in [6.07, 6.45) is 14.8. The van der Waals surface area contributed by atoms with Gasteiger partial charge in [0.05, 0.1) is 5.70 Å². The van der Waals surface area contributed by atoms with Gasteiger partial charge in [-0.25, -0.2) is 0 Å². The average Bonchev–Trinajstić information content (AvgIpc) is 3.53. The number of fused-ring (bicyclic) bond motifs is 4. The fraction of sp³-hybridized carbons (Fsp3) is 0.500. The Morgan fingerprint density at radius 3 is 2.00 bits per heavy atom. The normalized spacial score (nSPS) is 25.5. The molecule has 1 saturated heterocycles. The maximum atomic E-state index is 3.10. The molecule has 1 saturated carbocycles. The Balaban J connectivity index is 1.81. The molecule has 0 aromatic heterocycles. The van der Waals surface area contributed by atoms with E-state index >= 15 is 0 Å². The standard InChI is InChI=1S/C36H48N2Si/c1-22(2)29-19-30(23(3)4)36(31(20-29)24(5)6)39(35-26(8)17-25(7)18-27(35)9)37-16-11-10-14-33(37)34-21-28-13-12-15-32(28)38(34)39/h10-11,14,16-20,22-24,28,32H,12-13,15,21H2,1-9H3/t28-,32-,39+/m1/s1. The molecule has 0 radical (unpaired) electrons. The van der Waals surface area contributed by atoms with Crippen LogP contribution in [-0.2, 0) is 0 Å². The average molecular weight is 537 g/mol. The lowest BCUT2D eigenvalue weighted by atomic mass is 9.89. The van der Waals surface area contributed by atoms with Crippen molar-refractivity contribution in [3.8, 4) is 0 Å². The molecule has 2 aromatic rings. The van der Waals surface area contributed by atoms with Crippen LogP contribution < -0.4 is 10.4 Å². The molecule has 2 fully saturated rings. The van der Waals surface area contributed by atoms with Gasteiger partial charge in [0.25, 0.3) is 0 Å². The van der Waals surface area contributed by atoms with E-state index in [1.54, 1.807) is 27.2 Å². The zero-order valence-electron chi connectivity index (χ0n) is 25.7. The maximum Gasteiger partial charge on any atom is 0.336 e. The number of nitrogens with zero attached hydrogens (tertiary/aromatic N) is 2. The molecule has 2 nitrogen and oxygen atoms in total. The lowest BCUT2D eigenvalue weighted by Gasteiger charge is -2.49. The Labute approximate surface area is 238 Å². The number of hydrogen-bond donors (Lipinski definition) is 0. The van der Waals surface area contributed by atoms with Crippen molar-refractivity contribution in [2.24, 2.45) is 5.92 Å². The molecule has 4 aliphatic rings. The van der Waals surface area contributed by atoms with Gasteiger partial charge in [-0.1, -0.05) is 83.9 Å². The number of aryl methyl sites for hydroxylation is 3. The topological polar surface area (TPSA) is 6.48 Å². The van der Waals surface area contributed by atoms with Gasteiger partial charge < -0.3 is 9.13 Å². The van der Waals surface area contributed by atoms with Crippen LogP contribution in [0.1, 0.15) is 118 Å². The van der Waals surface area contributed by atoms with Crippen molar-refractivity contribution in [3.63, 3.8) is 0 Å². The predicted molar refractivity (Wildman–Crippen MR) is 169 cm³/mol. The summed E-state index contributed by atoms with van der Waals surface area (Å²) < 4.78 is 5.94. The van der Waals surface area contributed by atoms with Gasteiger partial charge in [0.1, 0.15) is 0 Å². The van der Waals surface area contributed by atoms with Crippen molar-refractivity contribution in [3.05, 3.63) is 93.5 Å². The van der Waals surface area contributed by atoms with Crippen molar-refractivity contribution >= 4 is 18.8 Å². The number of benzene rings is 2. The van der Waals surface area contributed by atoms with Gasteiger partial charge in [-0.05, 0) is 120 Å². The van der Waals surface area contributed by atoms with Crippen LogP contribution in [0.5, 0.6) is 0 Å². The van der Waals surface area contributed by atoms with E-state index in [0.29, 0.717) is 23.8 Å². The smallest absolute Gasteiger partial charge is 0.336 e. The summed E-state index contributed by atoms with van der Waals surface area (Å²) in [5, 5.41) is 3.32. The molecule has 0 spiro atoms. The molecule has 0 bridgehead atoms. The zero-order chi connectivity index (χ0) is 27.8. The maximum absolute atomic E-state index is 3.10. The van der Waals surface area contributed by atoms with Crippen LogP contribution in [0.2, 0.25) is 0 Å². The van der Waals surface area contributed by atoms with Gasteiger partial charge in [-0.2, -0.15) is 0 Å². The van der Waals surface area contributed by atoms with Gasteiger partial charge in [0.2, 0.25) is 0 Å². The summed E-state index contributed by atoms with van der Waals surface area (Å²) in [4.78, 5) is 0. The van der Waals surface area contributed by atoms with Crippen LogP contribution in [0.25, 0.3) is 0 Å². The highest BCUT2D eigenvalue weighted by molar-refractivity contribution is 7.00. The second kappa shape index (κ2) is 9.54. The summed E-state index contributed by atoms with van der Waals surface area (Å²) >= 11 is 0. The van der Waals surface area contributed by atoms with Crippen LogP contribution in [0, 0.1) is 26.7 Å². The number of hydrogen-bond acceptors (Lipinski definition) is 2. The SMILES string of the molecule is Cc1cc(C)c([Si@]2(c3c(C(C)C)cc(C(C)C)cc3C(C)C)N3C=CC=CC3=C3C[C@H]4CCC[C@H]4N32)c(C)c1. The van der Waals surface area contributed by atoms with E-state index in [2.05, 4.69) is 120 Å². The summed E-state index contributed by atoms with van der Waals surface area (Å²) in [5.74, 6) is 2.24.